The van der Waals surface area contributed by atoms with Gasteiger partial charge in [-0.15, -0.1) is 0 Å². The second-order valence-electron chi connectivity index (χ2n) is 19.2. The number of benzene rings is 3. The van der Waals surface area contributed by atoms with Gasteiger partial charge in [0.25, 0.3) is 0 Å². The minimum Gasteiger partial charge on any atom is -0.377 e. The molecule has 446 valence electrons. The Morgan fingerprint density at radius 1 is 0.613 bits per heavy atom. The van der Waals surface area contributed by atoms with E-state index in [0.29, 0.717) is 44.0 Å². The highest BCUT2D eigenvalue weighted by molar-refractivity contribution is 7.89. The molecule has 0 fully saturated rings. The number of nitrogens with one attached hydrogen (secondary N) is 9. The van der Waals surface area contributed by atoms with Crippen LogP contribution in [0.4, 0.5) is 5.69 Å². The highest BCUT2D eigenvalue weighted by Crippen LogP contribution is 2.30. The van der Waals surface area contributed by atoms with Gasteiger partial charge in [0, 0.05) is 67.2 Å². The van der Waals surface area contributed by atoms with Gasteiger partial charge in [-0.2, -0.15) is 0 Å². The standard InChI is InChI=1S/C41H66N12O10S.C9H9N.2C3H8/c1-5-26(2)38(41(61)46-23-33(44)54)52-37(58)25-48-39(59)29(14-6-7-19-42)51-36(57)24-47-40(60)30(50-35(56)22-43)17-18-34(55)45-20-8-9-21-49-64(62,63)32-16-11-12-27-28(32)13-10-15-31(27)53(3)4;1-7-6-10-9-5-3-2-4-8(7)9;2*1-3-2/h10-13,15-16,26,29-30,38,49H,5-9,14,17-25,42-43H2,1-4H3,(H2,44,54)(H,45,55)(H,46,61)(H,47,60)(H,48,59)(H,50,56)(H,51,57)(H,52,58);2-6,10H,1H3;2*3H2,1-2H3. The van der Waals surface area contributed by atoms with Crippen LogP contribution < -0.4 is 64.0 Å². The van der Waals surface area contributed by atoms with Gasteiger partial charge in [-0.25, -0.2) is 13.1 Å². The molecule has 15 N–H and O–H groups in total. The van der Waals surface area contributed by atoms with Crippen LogP contribution >= 0.6 is 0 Å². The monoisotopic (exact) mass is 1140 g/mol. The van der Waals surface area contributed by atoms with Crippen molar-refractivity contribution in [2.24, 2.45) is 23.1 Å². The maximum absolute atomic E-state index is 13.2. The number of primary amides is 1. The normalized spacial score (nSPS) is 12.2. The number of aryl methyl sites for hydroxylation is 1. The van der Waals surface area contributed by atoms with E-state index >= 15 is 0 Å². The lowest BCUT2D eigenvalue weighted by Crippen LogP contribution is -2.55. The van der Waals surface area contributed by atoms with Gasteiger partial charge in [0.1, 0.15) is 18.1 Å². The van der Waals surface area contributed by atoms with Crippen molar-refractivity contribution in [1.82, 2.24) is 46.9 Å². The molecule has 0 saturated heterocycles. The van der Waals surface area contributed by atoms with Gasteiger partial charge in [0.15, 0.2) is 0 Å². The summed E-state index contributed by atoms with van der Waals surface area (Å²) in [4.78, 5) is 106. The SMILES string of the molecule is CCC.CCC.CCC(C)C(NC(=O)CNC(=O)C(CCCCN)NC(=O)CNC(=O)C(CCC(=O)NCCCCNS(=O)(=O)c1cccc2c(N(C)C)cccc12)NC(=O)CN)C(=O)NCC(N)=O.Cc1c[nH]c2ccccc12. The van der Waals surface area contributed by atoms with E-state index in [0.717, 1.165) is 11.1 Å². The Bertz CT molecular complexity index is 2680. The molecule has 0 saturated carbocycles. The summed E-state index contributed by atoms with van der Waals surface area (Å²) in [6.07, 6.45) is 6.64. The Hall–Kier alpha value is -7.15. The van der Waals surface area contributed by atoms with Crippen molar-refractivity contribution >= 4 is 84.6 Å². The first-order valence-corrected chi connectivity index (χ1v) is 28.9. The molecule has 0 spiro atoms. The van der Waals surface area contributed by atoms with Crippen molar-refractivity contribution in [2.45, 2.75) is 136 Å². The summed E-state index contributed by atoms with van der Waals surface area (Å²) in [6.45, 7) is 12.8. The minimum absolute atomic E-state index is 0.126. The quantitative estimate of drug-likeness (QED) is 0.0335. The lowest BCUT2D eigenvalue weighted by molar-refractivity contribution is -0.133. The molecule has 4 aromatic rings. The molecule has 3 aromatic carbocycles. The molecule has 24 heteroatoms. The number of H-pyrrole nitrogens is 1. The Morgan fingerprint density at radius 2 is 1.16 bits per heavy atom. The fourth-order valence-corrected chi connectivity index (χ4v) is 8.85. The van der Waals surface area contributed by atoms with E-state index in [1.54, 1.807) is 38.1 Å². The van der Waals surface area contributed by atoms with Crippen molar-refractivity contribution in [1.29, 1.82) is 0 Å². The average Bonchev–Trinajstić information content (AvgIpc) is 3.82. The van der Waals surface area contributed by atoms with E-state index in [1.165, 1.54) is 29.3 Å². The van der Waals surface area contributed by atoms with Crippen LogP contribution in [0.5, 0.6) is 0 Å². The minimum atomic E-state index is -3.83. The number of aromatic nitrogens is 1. The summed E-state index contributed by atoms with van der Waals surface area (Å²) in [6, 6.07) is 15.5. The Balaban J connectivity index is 0.00000171. The third-order valence-corrected chi connectivity index (χ3v) is 13.4. The van der Waals surface area contributed by atoms with Crippen molar-refractivity contribution in [3.05, 3.63) is 72.4 Å². The first-order valence-electron chi connectivity index (χ1n) is 27.4. The lowest BCUT2D eigenvalue weighted by atomic mass is 9.98. The van der Waals surface area contributed by atoms with Gasteiger partial charge in [0.2, 0.25) is 57.3 Å². The maximum atomic E-state index is 13.2. The van der Waals surface area contributed by atoms with E-state index in [-0.39, 0.29) is 43.2 Å². The highest BCUT2D eigenvalue weighted by Gasteiger charge is 2.28. The van der Waals surface area contributed by atoms with Gasteiger partial charge in [-0.1, -0.05) is 103 Å². The number of fused-ring (bicyclic) bond motifs is 2. The molecule has 0 bridgehead atoms. The van der Waals surface area contributed by atoms with Gasteiger partial charge >= 0.3 is 0 Å². The summed E-state index contributed by atoms with van der Waals surface area (Å²) in [7, 11) is -0.0723. The summed E-state index contributed by atoms with van der Waals surface area (Å²) in [5.41, 5.74) is 19.5. The fraction of sp³-hybridized carbons (Fsp3) is 0.536. The number of anilines is 1. The number of carbonyl (C=O) groups is 8. The summed E-state index contributed by atoms with van der Waals surface area (Å²) < 4.78 is 29.0. The molecular formula is C56H91N13O10S. The summed E-state index contributed by atoms with van der Waals surface area (Å²) in [5, 5.41) is 20.1. The van der Waals surface area contributed by atoms with Crippen LogP contribution in [0, 0.1) is 12.8 Å². The fourth-order valence-electron chi connectivity index (χ4n) is 7.55. The molecule has 4 atom stereocenters. The molecule has 1 aromatic heterocycles. The van der Waals surface area contributed by atoms with E-state index in [2.05, 4.69) is 99.7 Å². The molecule has 0 radical (unpaired) electrons. The van der Waals surface area contributed by atoms with E-state index in [1.807, 2.05) is 43.4 Å². The number of rotatable bonds is 30. The average molecular weight is 1140 g/mol. The number of nitrogens with two attached hydrogens (primary N) is 3. The highest BCUT2D eigenvalue weighted by atomic mass is 32.2. The predicted molar refractivity (Wildman–Crippen MR) is 315 cm³/mol. The number of sulfonamides is 1. The van der Waals surface area contributed by atoms with Gasteiger partial charge in [-0.05, 0) is 81.7 Å². The third kappa shape index (κ3) is 26.7. The van der Waals surface area contributed by atoms with Crippen molar-refractivity contribution < 1.29 is 46.8 Å². The largest absolute Gasteiger partial charge is 0.377 e. The summed E-state index contributed by atoms with van der Waals surface area (Å²) in [5.74, 6) is -5.82. The Kier molecular flexibility index (Phi) is 34.8. The molecule has 80 heavy (non-hydrogen) atoms. The second kappa shape index (κ2) is 39.3. The van der Waals surface area contributed by atoms with E-state index in [9.17, 15) is 46.8 Å². The second-order valence-corrected chi connectivity index (χ2v) is 21.0. The number of nitrogens with zero attached hydrogens (tertiary/aromatic N) is 1. The molecule has 1 heterocycles. The maximum Gasteiger partial charge on any atom is 0.243 e. The van der Waals surface area contributed by atoms with Crippen LogP contribution in [0.3, 0.4) is 0 Å². The molecule has 8 amide bonds. The predicted octanol–water partition coefficient (Wildman–Crippen LogP) is 2.59. The van der Waals surface area contributed by atoms with Crippen LogP contribution in [0.15, 0.2) is 71.8 Å². The van der Waals surface area contributed by atoms with Crippen LogP contribution in [-0.4, -0.2) is 139 Å². The van der Waals surface area contributed by atoms with Crippen molar-refractivity contribution in [3.63, 3.8) is 0 Å². The number of carbonyl (C=O) groups excluding carboxylic acids is 8. The Labute approximate surface area is 472 Å². The zero-order chi connectivity index (χ0) is 60.2. The zero-order valence-corrected chi connectivity index (χ0v) is 49.2. The van der Waals surface area contributed by atoms with E-state index in [4.69, 9.17) is 17.2 Å². The molecule has 4 unspecified atom stereocenters. The van der Waals surface area contributed by atoms with Crippen LogP contribution in [0.25, 0.3) is 21.7 Å². The number of hydrogen-bond acceptors (Lipinski definition) is 13. The number of hydrogen-bond donors (Lipinski definition) is 12. The zero-order valence-electron chi connectivity index (χ0n) is 48.4. The van der Waals surface area contributed by atoms with E-state index < -0.39 is 102 Å². The van der Waals surface area contributed by atoms with Gasteiger partial charge in [0.05, 0.1) is 31.1 Å². The third-order valence-electron chi connectivity index (χ3n) is 11.8. The number of para-hydroxylation sites is 1. The first kappa shape index (κ1) is 70.9. The summed E-state index contributed by atoms with van der Waals surface area (Å²) >= 11 is 0. The number of aromatic amines is 1. The van der Waals surface area contributed by atoms with Crippen LogP contribution in [0.2, 0.25) is 0 Å². The lowest BCUT2D eigenvalue weighted by Gasteiger charge is -2.24. The first-order chi connectivity index (χ1) is 38.0. The smallest absolute Gasteiger partial charge is 0.243 e. The Morgan fingerprint density at radius 3 is 1.75 bits per heavy atom. The number of unbranched alkanes of at least 4 members (excludes halogenated alkanes) is 2. The van der Waals surface area contributed by atoms with Crippen molar-refractivity contribution in [3.8, 4) is 0 Å². The molecule has 0 aliphatic rings. The van der Waals surface area contributed by atoms with Gasteiger partial charge < -0.3 is 64.3 Å². The van der Waals surface area contributed by atoms with Crippen LogP contribution in [0.1, 0.15) is 111 Å². The van der Waals surface area contributed by atoms with Crippen LogP contribution in [-0.2, 0) is 48.4 Å². The number of amides is 8. The van der Waals surface area contributed by atoms with Gasteiger partial charge in [-0.3, -0.25) is 38.4 Å². The topological polar surface area (TPSA) is 364 Å². The molecule has 4 rings (SSSR count). The molecule has 0 aliphatic carbocycles. The van der Waals surface area contributed by atoms with Crippen molar-refractivity contribution in [2.75, 3.05) is 64.8 Å². The molecular weight excluding hydrogens is 1050 g/mol. The molecule has 23 nitrogen and oxygen atoms in total. The molecule has 0 aliphatic heterocycles.